The molecule has 4 nitrogen and oxygen atoms in total. The third-order valence-corrected chi connectivity index (χ3v) is 3.48. The lowest BCUT2D eigenvalue weighted by Gasteiger charge is -2.36. The largest absolute Gasteiger partial charge is 0.478 e. The van der Waals surface area contributed by atoms with E-state index >= 15 is 0 Å². The van der Waals surface area contributed by atoms with Crippen LogP contribution in [0.3, 0.4) is 0 Å². The first-order valence-electron chi connectivity index (χ1n) is 6.17. The van der Waals surface area contributed by atoms with Crippen molar-refractivity contribution in [1.82, 2.24) is 0 Å². The minimum absolute atomic E-state index is 0.167. The first-order valence-corrected chi connectivity index (χ1v) is 6.17. The van der Waals surface area contributed by atoms with Crippen LogP contribution in [0.15, 0.2) is 18.2 Å². The van der Waals surface area contributed by atoms with Crippen LogP contribution in [0.25, 0.3) is 0 Å². The average Bonchev–Trinajstić information content (AvgIpc) is 2.38. The molecule has 0 bridgehead atoms. The molecule has 1 N–H and O–H groups in total. The van der Waals surface area contributed by atoms with Gasteiger partial charge in [-0.25, -0.2) is 4.79 Å². The van der Waals surface area contributed by atoms with Gasteiger partial charge in [-0.2, -0.15) is 5.26 Å². The van der Waals surface area contributed by atoms with Gasteiger partial charge in [-0.05, 0) is 44.4 Å². The zero-order valence-electron chi connectivity index (χ0n) is 10.4. The van der Waals surface area contributed by atoms with Gasteiger partial charge in [0, 0.05) is 12.6 Å². The lowest BCUT2D eigenvalue weighted by Crippen LogP contribution is -2.37. The summed E-state index contributed by atoms with van der Waals surface area (Å²) in [5.74, 6) is -0.996. The molecule has 0 aliphatic carbocycles. The highest BCUT2D eigenvalue weighted by Crippen LogP contribution is 2.28. The highest BCUT2D eigenvalue weighted by Gasteiger charge is 2.21. The number of nitriles is 1. The van der Waals surface area contributed by atoms with E-state index in [0.717, 1.165) is 25.1 Å². The van der Waals surface area contributed by atoms with Crippen molar-refractivity contribution in [3.05, 3.63) is 29.3 Å². The summed E-state index contributed by atoms with van der Waals surface area (Å²) in [6, 6.07) is 7.29. The quantitative estimate of drug-likeness (QED) is 0.868. The number of hydrogen-bond acceptors (Lipinski definition) is 3. The van der Waals surface area contributed by atoms with Crippen molar-refractivity contribution in [2.24, 2.45) is 0 Å². The molecule has 0 radical (unpaired) electrons. The highest BCUT2D eigenvalue weighted by molar-refractivity contribution is 5.89. The number of rotatable bonds is 2. The van der Waals surface area contributed by atoms with Crippen molar-refractivity contribution >= 4 is 11.7 Å². The molecular weight excluding hydrogens is 228 g/mol. The van der Waals surface area contributed by atoms with Crippen molar-refractivity contribution in [1.29, 1.82) is 5.26 Å². The van der Waals surface area contributed by atoms with Crippen LogP contribution in [0, 0.1) is 11.3 Å². The summed E-state index contributed by atoms with van der Waals surface area (Å²) in [6.07, 6.45) is 3.45. The van der Waals surface area contributed by atoms with E-state index in [1.54, 1.807) is 12.1 Å². The third kappa shape index (κ3) is 2.30. The molecule has 94 valence electrons. The van der Waals surface area contributed by atoms with Gasteiger partial charge in [0.25, 0.3) is 0 Å². The normalized spacial score (nSPS) is 19.3. The Kier molecular flexibility index (Phi) is 3.52. The Labute approximate surface area is 106 Å². The molecule has 18 heavy (non-hydrogen) atoms. The van der Waals surface area contributed by atoms with Gasteiger partial charge in [0.05, 0.1) is 16.8 Å². The summed E-state index contributed by atoms with van der Waals surface area (Å²) in [4.78, 5) is 13.1. The molecule has 0 unspecified atom stereocenters. The van der Waals surface area contributed by atoms with Gasteiger partial charge < -0.3 is 10.0 Å². The Balaban J connectivity index is 2.38. The molecule has 0 saturated carbocycles. The van der Waals surface area contributed by atoms with E-state index in [-0.39, 0.29) is 5.56 Å². The number of nitrogens with zero attached hydrogens (tertiary/aromatic N) is 2. The van der Waals surface area contributed by atoms with Gasteiger partial charge in [-0.1, -0.05) is 0 Å². The Bertz CT molecular complexity index is 505. The lowest BCUT2D eigenvalue weighted by atomic mass is 10.0. The molecule has 0 aromatic heterocycles. The van der Waals surface area contributed by atoms with Crippen molar-refractivity contribution < 1.29 is 9.90 Å². The maximum absolute atomic E-state index is 10.9. The summed E-state index contributed by atoms with van der Waals surface area (Å²) < 4.78 is 0. The predicted molar refractivity (Wildman–Crippen MR) is 68.8 cm³/mol. The highest BCUT2D eigenvalue weighted by atomic mass is 16.4. The van der Waals surface area contributed by atoms with Crippen LogP contribution in [0.5, 0.6) is 0 Å². The number of anilines is 1. The van der Waals surface area contributed by atoms with Crippen molar-refractivity contribution in [2.45, 2.75) is 32.2 Å². The number of aromatic carboxylic acids is 1. The lowest BCUT2D eigenvalue weighted by molar-refractivity contribution is 0.0697. The van der Waals surface area contributed by atoms with Crippen LogP contribution in [0.1, 0.15) is 42.1 Å². The summed E-state index contributed by atoms with van der Waals surface area (Å²) in [5.41, 5.74) is 1.47. The van der Waals surface area contributed by atoms with Gasteiger partial charge in [0.15, 0.2) is 0 Å². The van der Waals surface area contributed by atoms with Crippen LogP contribution < -0.4 is 4.90 Å². The van der Waals surface area contributed by atoms with Crippen LogP contribution >= 0.6 is 0 Å². The average molecular weight is 244 g/mol. The van der Waals surface area contributed by atoms with Gasteiger partial charge in [-0.3, -0.25) is 0 Å². The first-order chi connectivity index (χ1) is 8.63. The molecule has 1 aromatic rings. The SMILES string of the molecule is C[C@H]1CCCCN1c1ccc(C(=O)O)cc1C#N. The topological polar surface area (TPSA) is 64.3 Å². The smallest absolute Gasteiger partial charge is 0.335 e. The van der Waals surface area contributed by atoms with Crippen LogP contribution in [-0.2, 0) is 0 Å². The summed E-state index contributed by atoms with van der Waals surface area (Å²) >= 11 is 0. The second kappa shape index (κ2) is 5.09. The Hall–Kier alpha value is -2.02. The van der Waals surface area contributed by atoms with Crippen molar-refractivity contribution in [3.63, 3.8) is 0 Å². The monoisotopic (exact) mass is 244 g/mol. The minimum atomic E-state index is -0.996. The fraction of sp³-hybridized carbons (Fsp3) is 0.429. The number of hydrogen-bond donors (Lipinski definition) is 1. The second-order valence-corrected chi connectivity index (χ2v) is 4.69. The molecule has 1 aromatic carbocycles. The Morgan fingerprint density at radius 3 is 2.89 bits per heavy atom. The zero-order chi connectivity index (χ0) is 13.1. The molecule has 1 saturated heterocycles. The van der Waals surface area contributed by atoms with Crippen LogP contribution in [-0.4, -0.2) is 23.7 Å². The first kappa shape index (κ1) is 12.4. The number of piperidine rings is 1. The molecule has 0 spiro atoms. The van der Waals surface area contributed by atoms with E-state index in [0.29, 0.717) is 11.6 Å². The molecule has 1 atom stereocenters. The predicted octanol–water partition coefficient (Wildman–Crippen LogP) is 2.64. The molecule has 0 amide bonds. The zero-order valence-corrected chi connectivity index (χ0v) is 10.4. The molecule has 1 aliphatic heterocycles. The van der Waals surface area contributed by atoms with E-state index in [2.05, 4.69) is 17.9 Å². The van der Waals surface area contributed by atoms with Gasteiger partial charge >= 0.3 is 5.97 Å². The Morgan fingerprint density at radius 2 is 2.28 bits per heavy atom. The number of carboxylic acids is 1. The summed E-state index contributed by atoms with van der Waals surface area (Å²) in [7, 11) is 0. The van der Waals surface area contributed by atoms with Crippen molar-refractivity contribution in [2.75, 3.05) is 11.4 Å². The molecule has 1 heterocycles. The summed E-state index contributed by atoms with van der Waals surface area (Å²) in [5, 5.41) is 18.1. The second-order valence-electron chi connectivity index (χ2n) is 4.69. The molecule has 1 aliphatic rings. The van der Waals surface area contributed by atoms with Crippen LogP contribution in [0.2, 0.25) is 0 Å². The summed E-state index contributed by atoms with van der Waals surface area (Å²) in [6.45, 7) is 3.08. The van der Waals surface area contributed by atoms with E-state index in [9.17, 15) is 10.1 Å². The van der Waals surface area contributed by atoms with Crippen molar-refractivity contribution in [3.8, 4) is 6.07 Å². The fourth-order valence-electron chi connectivity index (χ4n) is 2.47. The molecule has 1 fully saturated rings. The molecule has 2 rings (SSSR count). The van der Waals surface area contributed by atoms with E-state index in [4.69, 9.17) is 5.11 Å². The van der Waals surface area contributed by atoms with E-state index in [1.165, 1.54) is 12.5 Å². The third-order valence-electron chi connectivity index (χ3n) is 3.48. The number of carboxylic acid groups (broad SMARTS) is 1. The molecule has 4 heteroatoms. The molecular formula is C14H16N2O2. The minimum Gasteiger partial charge on any atom is -0.478 e. The van der Waals surface area contributed by atoms with Gasteiger partial charge in [0.2, 0.25) is 0 Å². The Morgan fingerprint density at radius 1 is 1.50 bits per heavy atom. The number of benzene rings is 1. The van der Waals surface area contributed by atoms with Gasteiger partial charge in [-0.15, -0.1) is 0 Å². The van der Waals surface area contributed by atoms with Gasteiger partial charge in [0.1, 0.15) is 6.07 Å². The van der Waals surface area contributed by atoms with E-state index in [1.807, 2.05) is 0 Å². The maximum Gasteiger partial charge on any atom is 0.335 e. The van der Waals surface area contributed by atoms with Crippen LogP contribution in [0.4, 0.5) is 5.69 Å². The maximum atomic E-state index is 10.9. The number of carbonyl (C=O) groups is 1. The standard InChI is InChI=1S/C14H16N2O2/c1-10-4-2-3-7-16(10)13-6-5-11(14(17)18)8-12(13)9-15/h5-6,8,10H,2-4,7H2,1H3,(H,17,18)/t10-/m0/s1. The van der Waals surface area contributed by atoms with E-state index < -0.39 is 5.97 Å². The fourth-order valence-corrected chi connectivity index (χ4v) is 2.47.